The number of nitrogens with one attached hydrogen (secondary N) is 1. The Balaban J connectivity index is -0.000000340. The Morgan fingerprint density at radius 1 is 1.12 bits per heavy atom. The number of carbonyl (C=O) groups excluding carboxylic acids is 1. The largest absolute Gasteiger partial charge is 0.317 e. The molecular formula is C14H33NO. The van der Waals surface area contributed by atoms with Crippen LogP contribution in [0.2, 0.25) is 0 Å². The summed E-state index contributed by atoms with van der Waals surface area (Å²) in [7, 11) is 0. The molecule has 0 unspecified atom stereocenters. The maximum absolute atomic E-state index is 11.2. The van der Waals surface area contributed by atoms with Crippen molar-refractivity contribution in [2.45, 2.75) is 60.8 Å². The summed E-state index contributed by atoms with van der Waals surface area (Å²) in [6.07, 6.45) is 2.90. The lowest BCUT2D eigenvalue weighted by atomic mass is 10.0. The molecule has 0 saturated carbocycles. The molecule has 0 aliphatic rings. The van der Waals surface area contributed by atoms with Crippen LogP contribution in [0.25, 0.3) is 0 Å². The maximum Gasteiger partial charge on any atom is 0.135 e. The highest BCUT2D eigenvalue weighted by Crippen LogP contribution is 2.03. The summed E-state index contributed by atoms with van der Waals surface area (Å²) in [6, 6.07) is 0. The molecule has 0 radical (unpaired) electrons. The van der Waals surface area contributed by atoms with Crippen LogP contribution in [0.5, 0.6) is 0 Å². The van der Waals surface area contributed by atoms with Crippen molar-refractivity contribution in [1.82, 2.24) is 5.32 Å². The molecule has 0 aliphatic carbocycles. The van der Waals surface area contributed by atoms with Crippen molar-refractivity contribution >= 4 is 5.78 Å². The number of rotatable bonds is 7. The Hall–Kier alpha value is -0.370. The second-order valence-electron chi connectivity index (χ2n) is 5.16. The van der Waals surface area contributed by atoms with E-state index in [0.29, 0.717) is 5.78 Å². The molecule has 0 fully saturated rings. The first-order valence-corrected chi connectivity index (χ1v) is 6.65. The van der Waals surface area contributed by atoms with Crippen LogP contribution >= 0.6 is 0 Å². The van der Waals surface area contributed by atoms with Gasteiger partial charge < -0.3 is 5.32 Å². The van der Waals surface area contributed by atoms with Crippen molar-refractivity contribution in [2.75, 3.05) is 13.1 Å². The number of hydrogen-bond acceptors (Lipinski definition) is 2. The third-order valence-corrected chi connectivity index (χ3v) is 1.92. The SMILES string of the molecule is CC(C)C.CCNCCCCC(=O)C(C)C.[HH]. The molecule has 0 aromatic carbocycles. The number of unbranched alkanes of at least 4 members (excludes halogenated alkanes) is 1. The molecule has 0 atom stereocenters. The van der Waals surface area contributed by atoms with Crippen molar-refractivity contribution < 1.29 is 6.22 Å². The van der Waals surface area contributed by atoms with E-state index in [1.807, 2.05) is 13.8 Å². The predicted molar refractivity (Wildman–Crippen MR) is 74.9 cm³/mol. The molecule has 0 aromatic rings. The quantitative estimate of drug-likeness (QED) is 0.673. The zero-order chi connectivity index (χ0) is 13.0. The lowest BCUT2D eigenvalue weighted by Crippen LogP contribution is -2.14. The topological polar surface area (TPSA) is 29.1 Å². The predicted octanol–water partition coefficient (Wildman–Crippen LogP) is 3.90. The summed E-state index contributed by atoms with van der Waals surface area (Å²) in [5.74, 6) is 1.44. The van der Waals surface area contributed by atoms with Gasteiger partial charge in [-0.1, -0.05) is 41.5 Å². The Morgan fingerprint density at radius 2 is 1.62 bits per heavy atom. The Labute approximate surface area is 104 Å². The van der Waals surface area contributed by atoms with Gasteiger partial charge in [0, 0.05) is 13.8 Å². The summed E-state index contributed by atoms with van der Waals surface area (Å²) in [6.45, 7) is 14.6. The van der Waals surface area contributed by atoms with Crippen molar-refractivity contribution in [3.63, 3.8) is 0 Å². The van der Waals surface area contributed by atoms with E-state index in [0.717, 1.165) is 38.3 Å². The van der Waals surface area contributed by atoms with E-state index in [1.165, 1.54) is 0 Å². The fourth-order valence-corrected chi connectivity index (χ4v) is 1.01. The summed E-state index contributed by atoms with van der Waals surface area (Å²) in [5.41, 5.74) is 0. The van der Waals surface area contributed by atoms with E-state index >= 15 is 0 Å². The molecule has 0 amide bonds. The number of ketones is 1. The monoisotopic (exact) mass is 231 g/mol. The van der Waals surface area contributed by atoms with E-state index in [9.17, 15) is 4.79 Å². The average molecular weight is 231 g/mol. The van der Waals surface area contributed by atoms with Crippen molar-refractivity contribution in [3.05, 3.63) is 0 Å². The van der Waals surface area contributed by atoms with E-state index in [4.69, 9.17) is 0 Å². The molecule has 0 rings (SSSR count). The first-order chi connectivity index (χ1) is 7.41. The van der Waals surface area contributed by atoms with E-state index in [2.05, 4.69) is 33.0 Å². The average Bonchev–Trinajstić information content (AvgIpc) is 2.16. The smallest absolute Gasteiger partial charge is 0.135 e. The Bertz CT molecular complexity index is 156. The van der Waals surface area contributed by atoms with Crippen LogP contribution in [-0.2, 0) is 4.79 Å². The zero-order valence-electron chi connectivity index (χ0n) is 12.1. The first-order valence-electron chi connectivity index (χ1n) is 6.65. The van der Waals surface area contributed by atoms with E-state index < -0.39 is 0 Å². The molecule has 2 nitrogen and oxygen atoms in total. The van der Waals surface area contributed by atoms with Gasteiger partial charge in [0.15, 0.2) is 0 Å². The van der Waals surface area contributed by atoms with Gasteiger partial charge in [0.2, 0.25) is 0 Å². The van der Waals surface area contributed by atoms with Crippen molar-refractivity contribution in [1.29, 1.82) is 0 Å². The van der Waals surface area contributed by atoms with Crippen molar-refractivity contribution in [2.24, 2.45) is 11.8 Å². The van der Waals surface area contributed by atoms with Crippen LogP contribution in [0.15, 0.2) is 0 Å². The molecule has 0 bridgehead atoms. The molecule has 0 aromatic heterocycles. The highest BCUT2D eigenvalue weighted by molar-refractivity contribution is 5.80. The second kappa shape index (κ2) is 12.7. The van der Waals surface area contributed by atoms with Crippen molar-refractivity contribution in [3.8, 4) is 0 Å². The molecular weight excluding hydrogens is 198 g/mol. The Kier molecular flexibility index (Phi) is 14.3. The van der Waals surface area contributed by atoms with Gasteiger partial charge in [0.1, 0.15) is 5.78 Å². The van der Waals surface area contributed by atoms with Gasteiger partial charge in [-0.15, -0.1) is 0 Å². The van der Waals surface area contributed by atoms with Crippen LogP contribution in [0, 0.1) is 11.8 Å². The lowest BCUT2D eigenvalue weighted by molar-refractivity contribution is -0.122. The van der Waals surface area contributed by atoms with Gasteiger partial charge in [0.05, 0.1) is 0 Å². The van der Waals surface area contributed by atoms with Crippen LogP contribution in [0.3, 0.4) is 0 Å². The van der Waals surface area contributed by atoms with Gasteiger partial charge >= 0.3 is 0 Å². The molecule has 0 heterocycles. The Morgan fingerprint density at radius 3 is 2.00 bits per heavy atom. The van der Waals surface area contributed by atoms with E-state index in [-0.39, 0.29) is 7.34 Å². The van der Waals surface area contributed by atoms with Gasteiger partial charge in [-0.2, -0.15) is 0 Å². The fourth-order valence-electron chi connectivity index (χ4n) is 1.01. The fraction of sp³-hybridized carbons (Fsp3) is 0.929. The number of hydrogen-bond donors (Lipinski definition) is 1. The zero-order valence-corrected chi connectivity index (χ0v) is 12.1. The highest BCUT2D eigenvalue weighted by atomic mass is 16.1. The molecule has 0 saturated heterocycles. The minimum atomic E-state index is 0. The van der Waals surface area contributed by atoms with Crippen LogP contribution < -0.4 is 5.32 Å². The summed E-state index contributed by atoms with van der Waals surface area (Å²) >= 11 is 0. The molecule has 0 spiro atoms. The molecule has 1 N–H and O–H groups in total. The second-order valence-corrected chi connectivity index (χ2v) is 5.16. The minimum absolute atomic E-state index is 0. The molecule has 0 aliphatic heterocycles. The maximum atomic E-state index is 11.2. The van der Waals surface area contributed by atoms with Gasteiger partial charge in [-0.3, -0.25) is 4.79 Å². The number of Topliss-reactive ketones (excluding diaryl/α,β-unsaturated/α-hetero) is 1. The molecule has 2 heteroatoms. The summed E-state index contributed by atoms with van der Waals surface area (Å²) < 4.78 is 0. The van der Waals surface area contributed by atoms with E-state index in [1.54, 1.807) is 0 Å². The first kappa shape index (κ1) is 18.0. The van der Waals surface area contributed by atoms with Gasteiger partial charge in [-0.05, 0) is 31.8 Å². The normalized spacial score (nSPS) is 10.2. The van der Waals surface area contributed by atoms with Crippen LogP contribution in [0.1, 0.15) is 62.2 Å². The molecule has 100 valence electrons. The lowest BCUT2D eigenvalue weighted by Gasteiger charge is -2.03. The van der Waals surface area contributed by atoms with Crippen LogP contribution in [-0.4, -0.2) is 18.9 Å². The minimum Gasteiger partial charge on any atom is -0.317 e. The van der Waals surface area contributed by atoms with Crippen LogP contribution in [0.4, 0.5) is 0 Å². The summed E-state index contributed by atoms with van der Waals surface area (Å²) in [4.78, 5) is 11.2. The van der Waals surface area contributed by atoms with Gasteiger partial charge in [-0.25, -0.2) is 0 Å². The third kappa shape index (κ3) is 19.2. The summed E-state index contributed by atoms with van der Waals surface area (Å²) in [5, 5.41) is 3.24. The standard InChI is InChI=1S/C10H21NO.C4H10.H2/c1-4-11-8-6-5-7-10(12)9(2)3;1-4(2)3;/h9,11H,4-8H2,1-3H3;4H,1-3H3;1H. The van der Waals surface area contributed by atoms with Gasteiger partial charge in [0.25, 0.3) is 0 Å². The number of carbonyl (C=O) groups is 1. The highest BCUT2D eigenvalue weighted by Gasteiger charge is 2.05. The molecule has 16 heavy (non-hydrogen) atoms. The third-order valence-electron chi connectivity index (χ3n) is 1.92.